The molecule has 172 valence electrons. The second kappa shape index (κ2) is 11.0. The SMILES string of the molecule is Cc1cc(OCCCCOc2ccc(C(=O)CC3CCCC3)c(O)c2C)ccc1C(=O)O. The van der Waals surface area contributed by atoms with Gasteiger partial charge in [-0.2, -0.15) is 0 Å². The van der Waals surface area contributed by atoms with Crippen LogP contribution in [0.5, 0.6) is 17.2 Å². The molecule has 6 heteroatoms. The second-order valence-corrected chi connectivity index (χ2v) is 8.55. The van der Waals surface area contributed by atoms with Gasteiger partial charge in [-0.15, -0.1) is 0 Å². The number of unbranched alkanes of at least 4 members (excludes halogenated alkanes) is 1. The van der Waals surface area contributed by atoms with Crippen LogP contribution < -0.4 is 9.47 Å². The number of aromatic hydroxyl groups is 1. The number of rotatable bonds is 11. The highest BCUT2D eigenvalue weighted by Gasteiger charge is 2.22. The van der Waals surface area contributed by atoms with E-state index in [1.54, 1.807) is 44.2 Å². The molecule has 2 aromatic rings. The fourth-order valence-electron chi connectivity index (χ4n) is 4.19. The number of phenolic OH excluding ortho intramolecular Hbond substituents is 1. The molecule has 0 radical (unpaired) electrons. The Kier molecular flexibility index (Phi) is 8.14. The van der Waals surface area contributed by atoms with E-state index in [1.807, 2.05) is 0 Å². The second-order valence-electron chi connectivity index (χ2n) is 8.55. The molecule has 1 aliphatic carbocycles. The van der Waals surface area contributed by atoms with E-state index in [-0.39, 0.29) is 17.1 Å². The van der Waals surface area contributed by atoms with Crippen LogP contribution in [-0.4, -0.2) is 35.2 Å². The zero-order valence-corrected chi connectivity index (χ0v) is 18.9. The van der Waals surface area contributed by atoms with Gasteiger partial charge in [0.25, 0.3) is 0 Å². The van der Waals surface area contributed by atoms with E-state index in [0.717, 1.165) is 25.7 Å². The van der Waals surface area contributed by atoms with Crippen LogP contribution in [0, 0.1) is 19.8 Å². The van der Waals surface area contributed by atoms with Gasteiger partial charge in [-0.25, -0.2) is 4.79 Å². The van der Waals surface area contributed by atoms with E-state index < -0.39 is 5.97 Å². The Morgan fingerprint density at radius 2 is 1.62 bits per heavy atom. The van der Waals surface area contributed by atoms with Gasteiger partial charge in [-0.1, -0.05) is 25.7 Å². The molecular formula is C26H32O6. The first-order chi connectivity index (χ1) is 15.4. The minimum atomic E-state index is -0.946. The molecule has 0 atom stereocenters. The van der Waals surface area contributed by atoms with E-state index in [1.165, 1.54) is 12.8 Å². The number of carbonyl (C=O) groups is 2. The average molecular weight is 441 g/mol. The molecule has 1 fully saturated rings. The standard InChI is InChI=1S/C26H32O6/c1-17-15-20(9-10-21(17)26(29)30)31-13-5-6-14-32-24-12-11-22(25(28)18(24)2)23(27)16-19-7-3-4-8-19/h9-12,15,19,28H,3-8,13-14,16H2,1-2H3,(H,29,30). The van der Waals surface area contributed by atoms with Gasteiger partial charge in [0.2, 0.25) is 0 Å². The molecule has 0 heterocycles. The molecule has 0 saturated heterocycles. The van der Waals surface area contributed by atoms with Crippen molar-refractivity contribution in [1.82, 2.24) is 0 Å². The number of aromatic carboxylic acids is 1. The molecule has 3 rings (SSSR count). The zero-order chi connectivity index (χ0) is 23.1. The van der Waals surface area contributed by atoms with Crippen molar-refractivity contribution < 1.29 is 29.3 Å². The third-order valence-corrected chi connectivity index (χ3v) is 6.12. The Balaban J connectivity index is 1.43. The van der Waals surface area contributed by atoms with Crippen LogP contribution in [0.3, 0.4) is 0 Å². The lowest BCUT2D eigenvalue weighted by Crippen LogP contribution is -2.08. The third kappa shape index (κ3) is 6.02. The number of phenols is 1. The lowest BCUT2D eigenvalue weighted by Gasteiger charge is -2.14. The maximum Gasteiger partial charge on any atom is 0.335 e. The molecule has 32 heavy (non-hydrogen) atoms. The maximum atomic E-state index is 12.6. The third-order valence-electron chi connectivity index (χ3n) is 6.12. The molecule has 0 amide bonds. The number of carboxylic acids is 1. The molecule has 2 aromatic carbocycles. The van der Waals surface area contributed by atoms with E-state index in [0.29, 0.717) is 53.7 Å². The van der Waals surface area contributed by atoms with E-state index in [9.17, 15) is 14.7 Å². The van der Waals surface area contributed by atoms with Gasteiger partial charge in [0.15, 0.2) is 5.78 Å². The average Bonchev–Trinajstić information content (AvgIpc) is 3.26. The van der Waals surface area contributed by atoms with E-state index >= 15 is 0 Å². The first-order valence-corrected chi connectivity index (χ1v) is 11.3. The molecule has 0 aliphatic heterocycles. The smallest absolute Gasteiger partial charge is 0.335 e. The summed E-state index contributed by atoms with van der Waals surface area (Å²) in [5, 5.41) is 19.6. The van der Waals surface area contributed by atoms with Crippen LogP contribution in [0.4, 0.5) is 0 Å². The first-order valence-electron chi connectivity index (χ1n) is 11.3. The largest absolute Gasteiger partial charge is 0.507 e. The van der Waals surface area contributed by atoms with Crippen molar-refractivity contribution in [3.05, 3.63) is 52.6 Å². The van der Waals surface area contributed by atoms with Gasteiger partial charge in [-0.3, -0.25) is 4.79 Å². The minimum Gasteiger partial charge on any atom is -0.507 e. The molecule has 6 nitrogen and oxygen atoms in total. The van der Waals surface area contributed by atoms with Gasteiger partial charge in [0, 0.05) is 12.0 Å². The van der Waals surface area contributed by atoms with Crippen LogP contribution >= 0.6 is 0 Å². The summed E-state index contributed by atoms with van der Waals surface area (Å²) in [5.41, 5.74) is 1.92. The summed E-state index contributed by atoms with van der Waals surface area (Å²) in [4.78, 5) is 23.6. The number of carboxylic acid groups (broad SMARTS) is 1. The number of carbonyl (C=O) groups excluding carboxylic acids is 1. The highest BCUT2D eigenvalue weighted by Crippen LogP contribution is 2.34. The van der Waals surface area contributed by atoms with Gasteiger partial charge in [0.1, 0.15) is 17.2 Å². The van der Waals surface area contributed by atoms with Crippen LogP contribution in [0.2, 0.25) is 0 Å². The number of hydrogen-bond donors (Lipinski definition) is 2. The number of ketones is 1. The quantitative estimate of drug-likeness (QED) is 0.343. The van der Waals surface area contributed by atoms with Crippen molar-refractivity contribution in [2.45, 2.75) is 58.8 Å². The van der Waals surface area contributed by atoms with Crippen molar-refractivity contribution in [2.24, 2.45) is 5.92 Å². The maximum absolute atomic E-state index is 12.6. The Morgan fingerprint density at radius 3 is 2.28 bits per heavy atom. The Labute approximate surface area is 189 Å². The Hall–Kier alpha value is -3.02. The summed E-state index contributed by atoms with van der Waals surface area (Å²) in [6.07, 6.45) is 6.62. The van der Waals surface area contributed by atoms with Crippen molar-refractivity contribution in [3.63, 3.8) is 0 Å². The molecule has 0 aromatic heterocycles. The lowest BCUT2D eigenvalue weighted by atomic mass is 9.95. The van der Waals surface area contributed by atoms with Gasteiger partial charge in [0.05, 0.1) is 24.3 Å². The molecule has 0 unspecified atom stereocenters. The molecule has 0 bridgehead atoms. The van der Waals surface area contributed by atoms with Crippen LogP contribution in [-0.2, 0) is 0 Å². The molecule has 2 N–H and O–H groups in total. The Bertz CT molecular complexity index is 959. The highest BCUT2D eigenvalue weighted by atomic mass is 16.5. The summed E-state index contributed by atoms with van der Waals surface area (Å²) in [6, 6.07) is 8.37. The number of benzene rings is 2. The number of aryl methyl sites for hydroxylation is 1. The first kappa shape index (κ1) is 23.6. The lowest BCUT2D eigenvalue weighted by molar-refractivity contribution is 0.0695. The number of ether oxygens (including phenoxy) is 2. The normalized spacial score (nSPS) is 13.8. The monoisotopic (exact) mass is 440 g/mol. The predicted molar refractivity (Wildman–Crippen MR) is 122 cm³/mol. The van der Waals surface area contributed by atoms with Gasteiger partial charge in [-0.05, 0) is 68.5 Å². The molecule has 1 aliphatic rings. The highest BCUT2D eigenvalue weighted by molar-refractivity contribution is 5.99. The number of Topliss-reactive ketones (excluding diaryl/α,β-unsaturated/α-hetero) is 1. The van der Waals surface area contributed by atoms with Crippen molar-refractivity contribution in [3.8, 4) is 17.2 Å². The van der Waals surface area contributed by atoms with E-state index in [2.05, 4.69) is 0 Å². The fourth-order valence-corrected chi connectivity index (χ4v) is 4.19. The van der Waals surface area contributed by atoms with Crippen molar-refractivity contribution >= 4 is 11.8 Å². The van der Waals surface area contributed by atoms with Gasteiger partial charge >= 0.3 is 5.97 Å². The van der Waals surface area contributed by atoms with Gasteiger partial charge < -0.3 is 19.7 Å². The van der Waals surface area contributed by atoms with Crippen LogP contribution in [0.15, 0.2) is 30.3 Å². The van der Waals surface area contributed by atoms with E-state index in [4.69, 9.17) is 14.6 Å². The van der Waals surface area contributed by atoms with Crippen molar-refractivity contribution in [2.75, 3.05) is 13.2 Å². The van der Waals surface area contributed by atoms with Crippen LogP contribution in [0.1, 0.15) is 76.8 Å². The minimum absolute atomic E-state index is 0.00724. The van der Waals surface area contributed by atoms with Crippen LogP contribution in [0.25, 0.3) is 0 Å². The zero-order valence-electron chi connectivity index (χ0n) is 18.9. The topological polar surface area (TPSA) is 93.1 Å². The summed E-state index contributed by atoms with van der Waals surface area (Å²) < 4.78 is 11.5. The predicted octanol–water partition coefficient (Wildman–Crippen LogP) is 5.71. The summed E-state index contributed by atoms with van der Waals surface area (Å²) in [6.45, 7) is 4.47. The van der Waals surface area contributed by atoms with Crippen molar-refractivity contribution in [1.29, 1.82) is 0 Å². The number of hydrogen-bond acceptors (Lipinski definition) is 5. The molecular weight excluding hydrogens is 408 g/mol. The Morgan fingerprint density at radius 1 is 0.969 bits per heavy atom. The molecule has 1 saturated carbocycles. The summed E-state index contributed by atoms with van der Waals surface area (Å²) >= 11 is 0. The summed E-state index contributed by atoms with van der Waals surface area (Å²) in [7, 11) is 0. The fraction of sp³-hybridized carbons (Fsp3) is 0.462. The summed E-state index contributed by atoms with van der Waals surface area (Å²) in [5.74, 6) is 0.757. The molecule has 0 spiro atoms.